The fraction of sp³-hybridized carbons (Fsp3) is 0.444. The number of nitrogens with zero attached hydrogens (tertiary/aromatic N) is 5. The lowest BCUT2D eigenvalue weighted by molar-refractivity contribution is 0.127. The van der Waals surface area contributed by atoms with Crippen LogP contribution in [0.2, 0.25) is 0 Å². The lowest BCUT2D eigenvalue weighted by Crippen LogP contribution is -2.46. The Morgan fingerprint density at radius 2 is 1.85 bits per heavy atom. The lowest BCUT2D eigenvalue weighted by Gasteiger charge is -2.37. The molecule has 0 unspecified atom stereocenters. The van der Waals surface area contributed by atoms with Crippen molar-refractivity contribution in [2.24, 2.45) is 0 Å². The van der Waals surface area contributed by atoms with Gasteiger partial charge >= 0.3 is 0 Å². The lowest BCUT2D eigenvalue weighted by atomic mass is 10.0. The summed E-state index contributed by atoms with van der Waals surface area (Å²) in [4.78, 5) is 10.4. The van der Waals surface area contributed by atoms with E-state index in [1.54, 1.807) is 14.2 Å². The molecule has 3 aromatic rings. The third-order valence-electron chi connectivity index (χ3n) is 5.01. The van der Waals surface area contributed by atoms with Crippen molar-refractivity contribution in [3.05, 3.63) is 35.0 Å². The van der Waals surface area contributed by atoms with E-state index in [-0.39, 0.29) is 11.9 Å². The number of likely N-dealkylation sites (N-methyl/N-ethyl adjacent to an activating group) is 1. The van der Waals surface area contributed by atoms with Crippen molar-refractivity contribution >= 4 is 16.3 Å². The quantitative estimate of drug-likeness (QED) is 0.714. The molecule has 1 N–H and O–H groups in total. The second-order valence-corrected chi connectivity index (χ2v) is 7.61. The van der Waals surface area contributed by atoms with Gasteiger partial charge in [-0.25, -0.2) is 4.98 Å². The smallest absolute Gasteiger partial charge is 0.230 e. The van der Waals surface area contributed by atoms with E-state index in [2.05, 4.69) is 26.9 Å². The molecular weight excluding hydrogens is 366 g/mol. The van der Waals surface area contributed by atoms with Gasteiger partial charge in [-0.15, -0.1) is 0 Å². The Hall–Kier alpha value is -2.36. The van der Waals surface area contributed by atoms with Gasteiger partial charge in [-0.1, -0.05) is 17.4 Å². The molecule has 0 spiro atoms. The number of thiazole rings is 1. The van der Waals surface area contributed by atoms with Crippen molar-refractivity contribution < 1.29 is 14.6 Å². The number of fused-ring (bicyclic) bond motifs is 1. The summed E-state index contributed by atoms with van der Waals surface area (Å²) in [6.45, 7) is 3.77. The van der Waals surface area contributed by atoms with Gasteiger partial charge in [0, 0.05) is 26.2 Å². The first-order chi connectivity index (χ1) is 13.1. The molecule has 1 aromatic carbocycles. The molecule has 0 aliphatic carbocycles. The molecule has 1 fully saturated rings. The number of hydrogen-bond acceptors (Lipinski definition) is 8. The van der Waals surface area contributed by atoms with E-state index in [1.165, 1.54) is 22.2 Å². The standard InChI is InChI=1S/C18H23N5O3S/c1-21-6-8-22(9-7-21)15(12-4-5-13(25-2)14(10-12)26-3)16-17(24)23-18(27-16)19-11-20-23/h4-5,10-11,15,24H,6-9H2,1-3H3/t15-/m1/s1. The molecule has 0 amide bonds. The second-order valence-electron chi connectivity index (χ2n) is 6.60. The van der Waals surface area contributed by atoms with Crippen LogP contribution in [0.3, 0.4) is 0 Å². The molecule has 1 saturated heterocycles. The monoisotopic (exact) mass is 389 g/mol. The van der Waals surface area contributed by atoms with Crippen LogP contribution in [0, 0.1) is 0 Å². The van der Waals surface area contributed by atoms with Gasteiger partial charge in [0.25, 0.3) is 0 Å². The third kappa shape index (κ3) is 3.22. The Kier molecular flexibility index (Phi) is 4.90. The number of aromatic nitrogens is 3. The van der Waals surface area contributed by atoms with Crippen LogP contribution < -0.4 is 9.47 Å². The van der Waals surface area contributed by atoms with Crippen LogP contribution in [0.1, 0.15) is 16.5 Å². The van der Waals surface area contributed by atoms with Crippen LogP contribution >= 0.6 is 11.3 Å². The third-order valence-corrected chi connectivity index (χ3v) is 6.10. The fourth-order valence-corrected chi connectivity index (χ4v) is 4.59. The summed E-state index contributed by atoms with van der Waals surface area (Å²) in [7, 11) is 5.39. The minimum Gasteiger partial charge on any atom is -0.493 e. The highest BCUT2D eigenvalue weighted by molar-refractivity contribution is 7.17. The minimum absolute atomic E-state index is 0.105. The summed E-state index contributed by atoms with van der Waals surface area (Å²) in [5.41, 5.74) is 1.04. The average Bonchev–Trinajstić information content (AvgIpc) is 3.27. The topological polar surface area (TPSA) is 75.4 Å². The van der Waals surface area contributed by atoms with Gasteiger partial charge in [-0.3, -0.25) is 4.90 Å². The number of ether oxygens (including phenoxy) is 2. The van der Waals surface area contributed by atoms with Gasteiger partial charge in [0.2, 0.25) is 10.8 Å². The van der Waals surface area contributed by atoms with Crippen LogP contribution in [-0.2, 0) is 0 Å². The number of hydrogen-bond donors (Lipinski definition) is 1. The summed E-state index contributed by atoms with van der Waals surface area (Å²) in [6, 6.07) is 5.81. The predicted octanol–water partition coefficient (Wildman–Crippen LogP) is 1.85. The number of aromatic hydroxyl groups is 1. The maximum absolute atomic E-state index is 10.8. The van der Waals surface area contributed by atoms with Crippen LogP contribution in [-0.4, -0.2) is 77.0 Å². The van der Waals surface area contributed by atoms with Gasteiger partial charge in [-0.05, 0) is 24.7 Å². The summed E-state index contributed by atoms with van der Waals surface area (Å²) in [5.74, 6) is 1.50. The van der Waals surface area contributed by atoms with E-state index in [1.807, 2.05) is 18.2 Å². The van der Waals surface area contributed by atoms with Gasteiger partial charge in [-0.2, -0.15) is 9.61 Å². The normalized spacial score (nSPS) is 17.3. The highest BCUT2D eigenvalue weighted by Gasteiger charge is 2.31. The molecule has 4 rings (SSSR count). The molecule has 9 heteroatoms. The molecule has 1 aliphatic rings. The highest BCUT2D eigenvalue weighted by Crippen LogP contribution is 2.42. The fourth-order valence-electron chi connectivity index (χ4n) is 3.50. The molecule has 3 heterocycles. The van der Waals surface area contributed by atoms with Crippen molar-refractivity contribution in [2.75, 3.05) is 47.4 Å². The van der Waals surface area contributed by atoms with Gasteiger partial charge in [0.15, 0.2) is 11.5 Å². The highest BCUT2D eigenvalue weighted by atomic mass is 32.1. The van der Waals surface area contributed by atoms with Gasteiger partial charge in [0.05, 0.1) is 25.1 Å². The Morgan fingerprint density at radius 1 is 1.11 bits per heavy atom. The molecule has 2 aromatic heterocycles. The van der Waals surface area contributed by atoms with E-state index in [4.69, 9.17) is 9.47 Å². The van der Waals surface area contributed by atoms with Crippen molar-refractivity contribution in [3.8, 4) is 17.4 Å². The molecule has 144 valence electrons. The zero-order chi connectivity index (χ0) is 19.0. The summed E-state index contributed by atoms with van der Waals surface area (Å²) < 4.78 is 12.4. The summed E-state index contributed by atoms with van der Waals surface area (Å²) >= 11 is 1.46. The SMILES string of the molecule is COc1ccc([C@H](c2sc3ncnn3c2O)N2CCN(C)CC2)cc1OC. The van der Waals surface area contributed by atoms with E-state index < -0.39 is 0 Å². The molecular formula is C18H23N5O3S. The van der Waals surface area contributed by atoms with E-state index in [0.29, 0.717) is 16.5 Å². The minimum atomic E-state index is -0.105. The number of piperazine rings is 1. The average molecular weight is 389 g/mol. The van der Waals surface area contributed by atoms with Gasteiger partial charge < -0.3 is 19.5 Å². The molecule has 1 aliphatic heterocycles. The van der Waals surface area contributed by atoms with Crippen LogP contribution in [0.4, 0.5) is 0 Å². The Bertz CT molecular complexity index is 932. The maximum Gasteiger partial charge on any atom is 0.230 e. The van der Waals surface area contributed by atoms with Crippen LogP contribution in [0.15, 0.2) is 24.5 Å². The van der Waals surface area contributed by atoms with Crippen LogP contribution in [0.25, 0.3) is 4.96 Å². The van der Waals surface area contributed by atoms with Crippen LogP contribution in [0.5, 0.6) is 17.4 Å². The molecule has 8 nitrogen and oxygen atoms in total. The first-order valence-corrected chi connectivity index (χ1v) is 9.60. The summed E-state index contributed by atoms with van der Waals surface area (Å²) in [6.07, 6.45) is 1.45. The Balaban J connectivity index is 1.81. The first kappa shape index (κ1) is 18.0. The first-order valence-electron chi connectivity index (χ1n) is 8.78. The largest absolute Gasteiger partial charge is 0.493 e. The number of benzene rings is 1. The number of rotatable bonds is 5. The summed E-state index contributed by atoms with van der Waals surface area (Å²) in [5, 5.41) is 14.9. The zero-order valence-electron chi connectivity index (χ0n) is 15.6. The van der Waals surface area contributed by atoms with Crippen molar-refractivity contribution in [1.82, 2.24) is 24.4 Å². The van der Waals surface area contributed by atoms with Crippen molar-refractivity contribution in [1.29, 1.82) is 0 Å². The molecule has 0 bridgehead atoms. The van der Waals surface area contributed by atoms with E-state index >= 15 is 0 Å². The van der Waals surface area contributed by atoms with Gasteiger partial charge in [0.1, 0.15) is 6.33 Å². The predicted molar refractivity (Wildman–Crippen MR) is 103 cm³/mol. The zero-order valence-corrected chi connectivity index (χ0v) is 16.4. The second kappa shape index (κ2) is 7.34. The van der Waals surface area contributed by atoms with E-state index in [0.717, 1.165) is 36.6 Å². The molecule has 0 radical (unpaired) electrons. The van der Waals surface area contributed by atoms with Crippen molar-refractivity contribution in [3.63, 3.8) is 0 Å². The molecule has 1 atom stereocenters. The van der Waals surface area contributed by atoms with E-state index in [9.17, 15) is 5.11 Å². The van der Waals surface area contributed by atoms with Crippen molar-refractivity contribution in [2.45, 2.75) is 6.04 Å². The Labute approximate surface area is 161 Å². The Morgan fingerprint density at radius 3 is 2.52 bits per heavy atom. The molecule has 0 saturated carbocycles. The maximum atomic E-state index is 10.8. The molecule has 27 heavy (non-hydrogen) atoms. The number of methoxy groups -OCH3 is 2.